The maximum Gasteiger partial charge on any atom is 0.321 e. The minimum absolute atomic E-state index is 0.153. The van der Waals surface area contributed by atoms with E-state index < -0.39 is 17.9 Å². The SMILES string of the molecule is CCOC(=O)[C@@H]1C(=O)N(Cc2ccccc2)c2nc3ccccc3n2[C@H]1c1ccc(Cl)cc1Cl. The van der Waals surface area contributed by atoms with E-state index in [0.717, 1.165) is 11.1 Å². The lowest BCUT2D eigenvalue weighted by molar-refractivity contribution is -0.153. The van der Waals surface area contributed by atoms with Crippen molar-refractivity contribution in [1.29, 1.82) is 0 Å². The van der Waals surface area contributed by atoms with Gasteiger partial charge in [0.2, 0.25) is 11.9 Å². The number of carbonyl (C=O) groups excluding carboxylic acids is 2. The molecular weight excluding hydrogens is 473 g/mol. The van der Waals surface area contributed by atoms with Crippen LogP contribution in [0, 0.1) is 5.92 Å². The Morgan fingerprint density at radius 1 is 1.03 bits per heavy atom. The zero-order valence-corrected chi connectivity index (χ0v) is 19.8. The van der Waals surface area contributed by atoms with Gasteiger partial charge in [0, 0.05) is 10.0 Å². The number of anilines is 1. The molecule has 8 heteroatoms. The summed E-state index contributed by atoms with van der Waals surface area (Å²) in [5.41, 5.74) is 3.01. The Bertz CT molecular complexity index is 1390. The van der Waals surface area contributed by atoms with Crippen molar-refractivity contribution >= 4 is 52.1 Å². The second-order valence-corrected chi connectivity index (χ2v) is 8.86. The second-order valence-electron chi connectivity index (χ2n) is 8.02. The molecule has 0 saturated heterocycles. The molecule has 0 bridgehead atoms. The summed E-state index contributed by atoms with van der Waals surface area (Å²) in [7, 11) is 0. The molecule has 0 N–H and O–H groups in total. The van der Waals surface area contributed by atoms with Gasteiger partial charge < -0.3 is 9.30 Å². The fourth-order valence-electron chi connectivity index (χ4n) is 4.48. The number of ether oxygens (including phenoxy) is 1. The van der Waals surface area contributed by atoms with Gasteiger partial charge in [-0.1, -0.05) is 71.7 Å². The zero-order valence-electron chi connectivity index (χ0n) is 18.3. The maximum absolute atomic E-state index is 14.0. The number of imidazole rings is 1. The number of hydrogen-bond donors (Lipinski definition) is 0. The van der Waals surface area contributed by atoms with Gasteiger partial charge >= 0.3 is 5.97 Å². The quantitative estimate of drug-likeness (QED) is 0.265. The van der Waals surface area contributed by atoms with Crippen LogP contribution >= 0.6 is 23.2 Å². The predicted octanol–water partition coefficient (Wildman–Crippen LogP) is 5.66. The zero-order chi connectivity index (χ0) is 23.8. The van der Waals surface area contributed by atoms with Crippen molar-refractivity contribution in [3.63, 3.8) is 0 Å². The third kappa shape index (κ3) is 3.83. The lowest BCUT2D eigenvalue weighted by Crippen LogP contribution is -2.49. The summed E-state index contributed by atoms with van der Waals surface area (Å²) in [5, 5.41) is 0.824. The van der Waals surface area contributed by atoms with Gasteiger partial charge in [-0.2, -0.15) is 0 Å². The first-order chi connectivity index (χ1) is 16.5. The highest BCUT2D eigenvalue weighted by atomic mass is 35.5. The average Bonchev–Trinajstić information content (AvgIpc) is 3.21. The summed E-state index contributed by atoms with van der Waals surface area (Å²) < 4.78 is 7.29. The molecule has 0 unspecified atom stereocenters. The Labute approximate surface area is 206 Å². The molecule has 6 nitrogen and oxygen atoms in total. The Hall–Kier alpha value is -3.35. The fraction of sp³-hybridized carbons (Fsp3) is 0.192. The molecule has 4 aromatic rings. The molecule has 2 heterocycles. The monoisotopic (exact) mass is 493 g/mol. The number of aromatic nitrogens is 2. The Morgan fingerprint density at radius 3 is 2.50 bits per heavy atom. The standard InChI is InChI=1S/C26H21Cl2N3O3/c1-2-34-25(33)22-23(18-13-12-17(27)14-19(18)28)31-21-11-7-6-10-20(21)29-26(31)30(24(22)32)15-16-8-4-3-5-9-16/h3-14,22-23H,2,15H2,1H3/t22-,23-/m0/s1. The van der Waals surface area contributed by atoms with Crippen molar-refractivity contribution in [2.24, 2.45) is 5.92 Å². The molecule has 0 radical (unpaired) electrons. The maximum atomic E-state index is 14.0. The van der Waals surface area contributed by atoms with Crippen LogP contribution in [0.2, 0.25) is 10.0 Å². The smallest absolute Gasteiger partial charge is 0.321 e. The van der Waals surface area contributed by atoms with E-state index in [-0.39, 0.29) is 19.1 Å². The summed E-state index contributed by atoms with van der Waals surface area (Å²) in [6, 6.07) is 21.5. The molecule has 5 rings (SSSR count). The first-order valence-electron chi connectivity index (χ1n) is 10.9. The van der Waals surface area contributed by atoms with Gasteiger partial charge in [0.25, 0.3) is 0 Å². The lowest BCUT2D eigenvalue weighted by atomic mass is 9.89. The van der Waals surface area contributed by atoms with Crippen LogP contribution in [0.5, 0.6) is 0 Å². The number of amides is 1. The van der Waals surface area contributed by atoms with Crippen LogP contribution in [0.4, 0.5) is 5.95 Å². The summed E-state index contributed by atoms with van der Waals surface area (Å²) >= 11 is 12.8. The predicted molar refractivity (Wildman–Crippen MR) is 132 cm³/mol. The first-order valence-corrected chi connectivity index (χ1v) is 11.7. The van der Waals surface area contributed by atoms with E-state index in [4.69, 9.17) is 32.9 Å². The van der Waals surface area contributed by atoms with Crippen LogP contribution in [0.3, 0.4) is 0 Å². The Morgan fingerprint density at radius 2 is 1.76 bits per heavy atom. The molecule has 1 aliphatic heterocycles. The van der Waals surface area contributed by atoms with Crippen molar-refractivity contribution in [2.45, 2.75) is 19.5 Å². The molecule has 1 amide bonds. The van der Waals surface area contributed by atoms with Crippen molar-refractivity contribution in [1.82, 2.24) is 9.55 Å². The molecular formula is C26H21Cl2N3O3. The van der Waals surface area contributed by atoms with Crippen LogP contribution < -0.4 is 4.90 Å². The molecule has 34 heavy (non-hydrogen) atoms. The molecule has 3 aromatic carbocycles. The molecule has 1 aliphatic rings. The summed E-state index contributed by atoms with van der Waals surface area (Å²) in [5.74, 6) is -1.69. The van der Waals surface area contributed by atoms with E-state index in [1.807, 2.05) is 59.2 Å². The van der Waals surface area contributed by atoms with Crippen molar-refractivity contribution in [2.75, 3.05) is 11.5 Å². The van der Waals surface area contributed by atoms with Crippen LogP contribution in [0.25, 0.3) is 11.0 Å². The molecule has 0 saturated carbocycles. The number of esters is 1. The van der Waals surface area contributed by atoms with E-state index in [1.165, 1.54) is 0 Å². The van der Waals surface area contributed by atoms with Crippen LogP contribution in [-0.4, -0.2) is 28.0 Å². The minimum Gasteiger partial charge on any atom is -0.465 e. The molecule has 172 valence electrons. The lowest BCUT2D eigenvalue weighted by Gasteiger charge is -2.38. The second kappa shape index (κ2) is 9.12. The first kappa shape index (κ1) is 22.4. The van der Waals surface area contributed by atoms with Crippen LogP contribution in [-0.2, 0) is 20.9 Å². The van der Waals surface area contributed by atoms with E-state index >= 15 is 0 Å². The van der Waals surface area contributed by atoms with Crippen LogP contribution in [0.15, 0.2) is 72.8 Å². The molecule has 0 fully saturated rings. The van der Waals surface area contributed by atoms with Gasteiger partial charge in [-0.05, 0) is 42.3 Å². The Balaban J connectivity index is 1.77. The van der Waals surface area contributed by atoms with Crippen LogP contribution in [0.1, 0.15) is 24.1 Å². The number of rotatable bonds is 5. The van der Waals surface area contributed by atoms with E-state index in [9.17, 15) is 9.59 Å². The number of carbonyl (C=O) groups is 2. The molecule has 1 aromatic heterocycles. The fourth-order valence-corrected chi connectivity index (χ4v) is 5.00. The van der Waals surface area contributed by atoms with Crippen molar-refractivity contribution in [3.05, 3.63) is 94.0 Å². The normalized spacial score (nSPS) is 17.6. The number of fused-ring (bicyclic) bond motifs is 3. The summed E-state index contributed by atoms with van der Waals surface area (Å²) in [4.78, 5) is 33.6. The third-order valence-corrected chi connectivity index (χ3v) is 6.51. The van der Waals surface area contributed by atoms with Gasteiger partial charge in [-0.15, -0.1) is 0 Å². The highest BCUT2D eigenvalue weighted by Gasteiger charge is 2.48. The number of nitrogens with zero attached hydrogens (tertiary/aromatic N) is 3. The Kier molecular flexibility index (Phi) is 6.02. The van der Waals surface area contributed by atoms with E-state index in [1.54, 1.807) is 30.0 Å². The van der Waals surface area contributed by atoms with Gasteiger partial charge in [0.1, 0.15) is 0 Å². The van der Waals surface area contributed by atoms with Gasteiger partial charge in [0.15, 0.2) is 5.92 Å². The molecule has 2 atom stereocenters. The van der Waals surface area contributed by atoms with Gasteiger partial charge in [-0.3, -0.25) is 14.5 Å². The number of halogens is 2. The summed E-state index contributed by atoms with van der Waals surface area (Å²) in [6.07, 6.45) is 0. The highest BCUT2D eigenvalue weighted by Crippen LogP contribution is 2.44. The van der Waals surface area contributed by atoms with Gasteiger partial charge in [-0.25, -0.2) is 4.98 Å². The van der Waals surface area contributed by atoms with Crippen molar-refractivity contribution in [3.8, 4) is 0 Å². The topological polar surface area (TPSA) is 64.4 Å². The van der Waals surface area contributed by atoms with E-state index in [0.29, 0.717) is 27.1 Å². The number of para-hydroxylation sites is 2. The highest BCUT2D eigenvalue weighted by molar-refractivity contribution is 6.35. The van der Waals surface area contributed by atoms with Gasteiger partial charge in [0.05, 0.1) is 30.2 Å². The molecule has 0 aliphatic carbocycles. The van der Waals surface area contributed by atoms with E-state index in [2.05, 4.69) is 0 Å². The van der Waals surface area contributed by atoms with Crippen molar-refractivity contribution < 1.29 is 14.3 Å². The largest absolute Gasteiger partial charge is 0.465 e. The number of hydrogen-bond acceptors (Lipinski definition) is 4. The minimum atomic E-state index is -1.15. The third-order valence-electron chi connectivity index (χ3n) is 5.95. The average molecular weight is 494 g/mol. The molecule has 0 spiro atoms. The number of benzene rings is 3. The summed E-state index contributed by atoms with van der Waals surface area (Å²) in [6.45, 7) is 2.13.